The van der Waals surface area contributed by atoms with Gasteiger partial charge in [0.2, 0.25) is 11.5 Å². The minimum atomic E-state index is -1.10. The molecule has 0 aliphatic rings. The Morgan fingerprint density at radius 2 is 2.46 bits per heavy atom. The van der Waals surface area contributed by atoms with Gasteiger partial charge in [0.1, 0.15) is 4.47 Å². The summed E-state index contributed by atoms with van der Waals surface area (Å²) in [7, 11) is 0. The van der Waals surface area contributed by atoms with E-state index in [1.54, 1.807) is 6.92 Å². The first kappa shape index (κ1) is 8.31. The third-order valence-corrected chi connectivity index (χ3v) is 2.54. The summed E-state index contributed by atoms with van der Waals surface area (Å²) in [6.07, 6.45) is 1.33. The first-order valence-corrected chi connectivity index (χ1v) is 4.26. The predicted octanol–water partition coefficient (Wildman–Crippen LogP) is 1.70. The number of halogens is 1. The van der Waals surface area contributed by atoms with Gasteiger partial charge in [0.25, 0.3) is 0 Å². The molecule has 68 valence electrons. The largest absolute Gasteiger partial charge is 0.475 e. The quantitative estimate of drug-likeness (QED) is 0.830. The van der Waals surface area contributed by atoms with Crippen LogP contribution < -0.4 is 0 Å². The molecule has 13 heavy (non-hydrogen) atoms. The van der Waals surface area contributed by atoms with E-state index >= 15 is 0 Å². The van der Waals surface area contributed by atoms with Gasteiger partial charge in [-0.25, -0.2) is 9.31 Å². The minimum absolute atomic E-state index is 0.122. The molecule has 6 heteroatoms. The molecule has 0 fully saturated rings. The molecule has 2 heterocycles. The van der Waals surface area contributed by atoms with Crippen molar-refractivity contribution in [2.24, 2.45) is 0 Å². The van der Waals surface area contributed by atoms with Crippen LogP contribution in [0.15, 0.2) is 15.1 Å². The molecule has 0 amide bonds. The SMILES string of the molecule is Cc1nn2cc(C(=O)O)oc2c1Br. The summed E-state index contributed by atoms with van der Waals surface area (Å²) >= 11 is 3.24. The minimum Gasteiger partial charge on any atom is -0.475 e. The third-order valence-electron chi connectivity index (χ3n) is 1.63. The lowest BCUT2D eigenvalue weighted by atomic mass is 10.5. The second-order valence-corrected chi connectivity index (χ2v) is 3.34. The molecule has 0 spiro atoms. The molecule has 0 bridgehead atoms. The summed E-state index contributed by atoms with van der Waals surface area (Å²) in [5.74, 6) is -1.22. The summed E-state index contributed by atoms with van der Waals surface area (Å²) in [6.45, 7) is 1.80. The molecular formula is C7H5BrN2O3. The number of hydrogen-bond donors (Lipinski definition) is 1. The maximum Gasteiger partial charge on any atom is 0.373 e. The fourth-order valence-corrected chi connectivity index (χ4v) is 1.37. The topological polar surface area (TPSA) is 67.7 Å². The highest BCUT2D eigenvalue weighted by atomic mass is 79.9. The van der Waals surface area contributed by atoms with Crippen LogP contribution in [0.2, 0.25) is 0 Å². The van der Waals surface area contributed by atoms with Gasteiger partial charge in [0, 0.05) is 0 Å². The smallest absolute Gasteiger partial charge is 0.373 e. The molecule has 0 atom stereocenters. The Kier molecular flexibility index (Phi) is 1.66. The molecule has 2 rings (SSSR count). The van der Waals surface area contributed by atoms with E-state index in [2.05, 4.69) is 21.0 Å². The lowest BCUT2D eigenvalue weighted by Crippen LogP contribution is -1.93. The molecule has 0 saturated heterocycles. The van der Waals surface area contributed by atoms with Crippen molar-refractivity contribution in [2.45, 2.75) is 6.92 Å². The van der Waals surface area contributed by atoms with Crippen molar-refractivity contribution >= 4 is 27.6 Å². The van der Waals surface area contributed by atoms with Crippen LogP contribution in [0, 0.1) is 6.92 Å². The van der Waals surface area contributed by atoms with E-state index in [0.717, 1.165) is 5.69 Å². The number of hydrogen-bond acceptors (Lipinski definition) is 3. The Balaban J connectivity index is 2.72. The predicted molar refractivity (Wildman–Crippen MR) is 46.9 cm³/mol. The van der Waals surface area contributed by atoms with E-state index in [0.29, 0.717) is 10.2 Å². The van der Waals surface area contributed by atoms with E-state index in [1.165, 1.54) is 10.7 Å². The van der Waals surface area contributed by atoms with Crippen molar-refractivity contribution in [1.29, 1.82) is 0 Å². The number of oxazole rings is 1. The lowest BCUT2D eigenvalue weighted by molar-refractivity contribution is 0.0665. The van der Waals surface area contributed by atoms with Crippen LogP contribution in [-0.4, -0.2) is 20.7 Å². The lowest BCUT2D eigenvalue weighted by Gasteiger charge is -1.83. The normalized spacial score (nSPS) is 10.9. The Labute approximate surface area is 81.1 Å². The average Bonchev–Trinajstić information content (AvgIpc) is 2.55. The molecule has 0 aromatic carbocycles. The van der Waals surface area contributed by atoms with Gasteiger partial charge in [-0.3, -0.25) is 0 Å². The number of nitrogens with zero attached hydrogens (tertiary/aromatic N) is 2. The van der Waals surface area contributed by atoms with Crippen LogP contribution in [0.25, 0.3) is 5.71 Å². The maximum absolute atomic E-state index is 10.5. The van der Waals surface area contributed by atoms with Crippen LogP contribution in [0.4, 0.5) is 0 Å². The molecule has 0 unspecified atom stereocenters. The van der Waals surface area contributed by atoms with Gasteiger partial charge < -0.3 is 9.52 Å². The van der Waals surface area contributed by atoms with Gasteiger partial charge in [0.15, 0.2) is 0 Å². The number of rotatable bonds is 1. The molecule has 2 aromatic rings. The van der Waals surface area contributed by atoms with E-state index in [-0.39, 0.29) is 5.76 Å². The highest BCUT2D eigenvalue weighted by Gasteiger charge is 2.15. The Morgan fingerprint density at radius 1 is 1.77 bits per heavy atom. The van der Waals surface area contributed by atoms with E-state index < -0.39 is 5.97 Å². The summed E-state index contributed by atoms with van der Waals surface area (Å²) in [5, 5.41) is 12.6. The van der Waals surface area contributed by atoms with Gasteiger partial charge in [-0.1, -0.05) is 0 Å². The van der Waals surface area contributed by atoms with Gasteiger partial charge >= 0.3 is 5.97 Å². The number of fused-ring (bicyclic) bond motifs is 1. The number of aryl methyl sites for hydroxylation is 1. The molecule has 0 aliphatic carbocycles. The zero-order valence-corrected chi connectivity index (χ0v) is 8.20. The van der Waals surface area contributed by atoms with Crippen molar-refractivity contribution in [1.82, 2.24) is 9.61 Å². The summed E-state index contributed by atoms with van der Waals surface area (Å²) in [4.78, 5) is 10.5. The van der Waals surface area contributed by atoms with Crippen LogP contribution in [0.5, 0.6) is 0 Å². The molecule has 2 aromatic heterocycles. The van der Waals surface area contributed by atoms with E-state index in [4.69, 9.17) is 9.52 Å². The van der Waals surface area contributed by atoms with Gasteiger partial charge in [0.05, 0.1) is 11.9 Å². The number of carboxylic acids is 1. The first-order chi connectivity index (χ1) is 6.09. The molecular weight excluding hydrogens is 240 g/mol. The van der Waals surface area contributed by atoms with E-state index in [1.807, 2.05) is 0 Å². The molecule has 5 nitrogen and oxygen atoms in total. The molecule has 0 aliphatic heterocycles. The standard InChI is InChI=1S/C7H5BrN2O3/c1-3-5(8)6-10(9-3)2-4(13-6)7(11)12/h2H,1H3,(H,11,12). The van der Waals surface area contributed by atoms with Gasteiger partial charge in [-0.05, 0) is 22.9 Å². The summed E-state index contributed by atoms with van der Waals surface area (Å²) in [5.41, 5.74) is 1.17. The number of carboxylic acid groups (broad SMARTS) is 1. The number of aromatic carboxylic acids is 1. The number of carbonyl (C=O) groups is 1. The van der Waals surface area contributed by atoms with Crippen molar-refractivity contribution < 1.29 is 14.3 Å². The molecule has 0 radical (unpaired) electrons. The third kappa shape index (κ3) is 1.14. The van der Waals surface area contributed by atoms with Crippen LogP contribution in [0.3, 0.4) is 0 Å². The Bertz CT molecular complexity index is 485. The second-order valence-electron chi connectivity index (χ2n) is 2.55. The number of aromatic nitrogens is 2. The zero-order chi connectivity index (χ0) is 9.59. The van der Waals surface area contributed by atoms with E-state index in [9.17, 15) is 4.79 Å². The maximum atomic E-state index is 10.5. The highest BCUT2D eigenvalue weighted by Crippen LogP contribution is 2.23. The van der Waals surface area contributed by atoms with Crippen molar-refractivity contribution in [3.8, 4) is 0 Å². The van der Waals surface area contributed by atoms with Crippen molar-refractivity contribution in [2.75, 3.05) is 0 Å². The summed E-state index contributed by atoms with van der Waals surface area (Å²) in [6, 6.07) is 0. The Hall–Kier alpha value is -1.30. The fourth-order valence-electron chi connectivity index (χ4n) is 1.03. The first-order valence-electron chi connectivity index (χ1n) is 3.47. The monoisotopic (exact) mass is 244 g/mol. The summed E-state index contributed by atoms with van der Waals surface area (Å²) < 4.78 is 7.11. The molecule has 1 N–H and O–H groups in total. The molecule has 0 saturated carbocycles. The van der Waals surface area contributed by atoms with Crippen molar-refractivity contribution in [3.05, 3.63) is 22.1 Å². The van der Waals surface area contributed by atoms with Crippen LogP contribution in [-0.2, 0) is 0 Å². The highest BCUT2D eigenvalue weighted by molar-refractivity contribution is 9.10. The van der Waals surface area contributed by atoms with Crippen LogP contribution >= 0.6 is 15.9 Å². The Morgan fingerprint density at radius 3 is 3.00 bits per heavy atom. The average molecular weight is 245 g/mol. The van der Waals surface area contributed by atoms with Crippen molar-refractivity contribution in [3.63, 3.8) is 0 Å². The van der Waals surface area contributed by atoms with Crippen LogP contribution in [0.1, 0.15) is 16.2 Å². The van der Waals surface area contributed by atoms with Gasteiger partial charge in [-0.15, -0.1) is 0 Å². The van der Waals surface area contributed by atoms with Gasteiger partial charge in [-0.2, -0.15) is 5.10 Å². The second kappa shape index (κ2) is 2.59. The fraction of sp³-hybridized carbons (Fsp3) is 0.143. The zero-order valence-electron chi connectivity index (χ0n) is 6.61.